The van der Waals surface area contributed by atoms with E-state index in [4.69, 9.17) is 11.6 Å². The molecule has 0 unspecified atom stereocenters. The lowest BCUT2D eigenvalue weighted by Gasteiger charge is -2.12. The van der Waals surface area contributed by atoms with E-state index in [1.807, 2.05) is 18.2 Å². The third-order valence-corrected chi connectivity index (χ3v) is 5.25. The summed E-state index contributed by atoms with van der Waals surface area (Å²) < 4.78 is 2.14. The second kappa shape index (κ2) is 6.15. The molecule has 24 heavy (non-hydrogen) atoms. The summed E-state index contributed by atoms with van der Waals surface area (Å²) in [6.07, 6.45) is 2.07. The predicted octanol–water partition coefficient (Wildman–Crippen LogP) is 4.84. The first kappa shape index (κ1) is 15.5. The van der Waals surface area contributed by atoms with E-state index in [0.29, 0.717) is 0 Å². The van der Waals surface area contributed by atoms with E-state index >= 15 is 0 Å². The Hall–Kier alpha value is -1.98. The Kier molecular flexibility index (Phi) is 3.98. The molecule has 3 aromatic rings. The zero-order valence-corrected chi connectivity index (χ0v) is 15.0. The summed E-state index contributed by atoms with van der Waals surface area (Å²) in [6.45, 7) is 2.96. The number of nitrogens with one attached hydrogen (secondary N) is 1. The Bertz CT molecular complexity index is 889. The normalized spacial score (nSPS) is 16.0. The molecule has 1 aliphatic rings. The topological polar surface area (TPSA) is 42.7 Å². The maximum atomic E-state index is 6.17. The second-order valence-electron chi connectivity index (χ2n) is 5.89. The largest absolute Gasteiger partial charge is 0.383 e. The fourth-order valence-corrected chi connectivity index (χ4v) is 3.56. The summed E-state index contributed by atoms with van der Waals surface area (Å²) >= 11 is 7.90. The van der Waals surface area contributed by atoms with E-state index in [2.05, 4.69) is 57.5 Å². The lowest BCUT2D eigenvalue weighted by molar-refractivity contribution is 0.725. The van der Waals surface area contributed by atoms with Gasteiger partial charge in [-0.25, -0.2) is 0 Å². The van der Waals surface area contributed by atoms with Gasteiger partial charge < -0.3 is 5.32 Å². The Morgan fingerprint density at radius 2 is 1.96 bits per heavy atom. The highest BCUT2D eigenvalue weighted by Gasteiger charge is 2.25. The third-order valence-electron chi connectivity index (χ3n) is 4.28. The molecule has 0 saturated carbocycles. The van der Waals surface area contributed by atoms with E-state index in [-0.39, 0.29) is 5.92 Å². The minimum Gasteiger partial charge on any atom is -0.383 e. The van der Waals surface area contributed by atoms with Crippen LogP contribution in [-0.4, -0.2) is 27.6 Å². The molecule has 122 valence electrons. The minimum atomic E-state index is 0.253. The summed E-state index contributed by atoms with van der Waals surface area (Å²) in [6, 6.07) is 14.3. The summed E-state index contributed by atoms with van der Waals surface area (Å²) in [4.78, 5) is 1.23. The van der Waals surface area contributed by atoms with Gasteiger partial charge in [0.2, 0.25) is 0 Å². The van der Waals surface area contributed by atoms with Crippen LogP contribution in [0, 0.1) is 0 Å². The number of anilines is 1. The summed E-state index contributed by atoms with van der Waals surface area (Å²) in [5.41, 5.74) is 3.10. The molecule has 0 bridgehead atoms. The lowest BCUT2D eigenvalue weighted by Crippen LogP contribution is -2.09. The van der Waals surface area contributed by atoms with Crippen molar-refractivity contribution in [2.75, 3.05) is 18.1 Å². The molecule has 1 aliphatic heterocycles. The summed E-state index contributed by atoms with van der Waals surface area (Å²) in [5, 5.41) is 13.1. The van der Waals surface area contributed by atoms with Crippen molar-refractivity contribution in [2.24, 2.45) is 0 Å². The quantitative estimate of drug-likeness (QED) is 0.667. The first-order chi connectivity index (χ1) is 11.7. The molecule has 0 fully saturated rings. The number of hydrogen-bond donors (Lipinski definition) is 1. The molecule has 0 spiro atoms. The number of halogens is 1. The van der Waals surface area contributed by atoms with Crippen LogP contribution < -0.4 is 5.32 Å². The molecule has 4 rings (SSSR count). The molecule has 2 heterocycles. The first-order valence-corrected chi connectivity index (χ1v) is 9.41. The highest BCUT2D eigenvalue weighted by atomic mass is 35.5. The minimum absolute atomic E-state index is 0.253. The van der Waals surface area contributed by atoms with Gasteiger partial charge in [-0.05, 0) is 36.6 Å². The molecule has 0 amide bonds. The molecule has 0 aliphatic carbocycles. The van der Waals surface area contributed by atoms with Crippen molar-refractivity contribution in [1.29, 1.82) is 0 Å². The van der Waals surface area contributed by atoms with Crippen molar-refractivity contribution in [3.63, 3.8) is 0 Å². The Balaban J connectivity index is 1.92. The molecule has 0 radical (unpaired) electrons. The van der Waals surface area contributed by atoms with Gasteiger partial charge in [0.25, 0.3) is 0 Å². The zero-order chi connectivity index (χ0) is 16.7. The van der Waals surface area contributed by atoms with Crippen LogP contribution >= 0.6 is 23.4 Å². The average molecular weight is 357 g/mol. The van der Waals surface area contributed by atoms with E-state index in [1.54, 1.807) is 11.8 Å². The lowest BCUT2D eigenvalue weighted by atomic mass is 10.1. The maximum absolute atomic E-state index is 6.17. The summed E-state index contributed by atoms with van der Waals surface area (Å²) in [5.74, 6) is 2.08. The summed E-state index contributed by atoms with van der Waals surface area (Å²) in [7, 11) is 0. The number of rotatable bonds is 2. The van der Waals surface area contributed by atoms with Crippen LogP contribution in [0.3, 0.4) is 0 Å². The molecule has 0 saturated heterocycles. The predicted molar refractivity (Wildman–Crippen MR) is 100 cm³/mol. The number of fused-ring (bicyclic) bond motifs is 3. The van der Waals surface area contributed by atoms with Crippen LogP contribution in [0.2, 0.25) is 5.02 Å². The Morgan fingerprint density at radius 3 is 2.71 bits per heavy atom. The van der Waals surface area contributed by atoms with Crippen LogP contribution in [0.15, 0.2) is 47.4 Å². The SMILES string of the molecule is CSc1ccc(-c2nnc3n2-c2ccc(Cl)cc2NC[C@@H]3C)cc1. The molecule has 1 atom stereocenters. The van der Waals surface area contributed by atoms with Gasteiger partial charge >= 0.3 is 0 Å². The van der Waals surface area contributed by atoms with E-state index in [9.17, 15) is 0 Å². The smallest absolute Gasteiger partial charge is 0.168 e. The number of aromatic nitrogens is 3. The van der Waals surface area contributed by atoms with Gasteiger partial charge in [-0.3, -0.25) is 4.57 Å². The van der Waals surface area contributed by atoms with E-state index in [1.165, 1.54) is 4.90 Å². The highest BCUT2D eigenvalue weighted by Crippen LogP contribution is 2.35. The Labute approximate surface area is 150 Å². The molecule has 1 aromatic heterocycles. The molecule has 1 N–H and O–H groups in total. The van der Waals surface area contributed by atoms with Crippen molar-refractivity contribution in [1.82, 2.24) is 14.8 Å². The fourth-order valence-electron chi connectivity index (χ4n) is 2.98. The van der Waals surface area contributed by atoms with Gasteiger partial charge in [-0.15, -0.1) is 22.0 Å². The van der Waals surface area contributed by atoms with Gasteiger partial charge in [-0.1, -0.05) is 30.7 Å². The second-order valence-corrected chi connectivity index (χ2v) is 7.21. The van der Waals surface area contributed by atoms with Crippen molar-refractivity contribution in [3.05, 3.63) is 53.3 Å². The van der Waals surface area contributed by atoms with Crippen LogP contribution in [0.5, 0.6) is 0 Å². The zero-order valence-electron chi connectivity index (χ0n) is 13.5. The number of thioether (sulfide) groups is 1. The van der Waals surface area contributed by atoms with E-state index in [0.717, 1.165) is 40.2 Å². The van der Waals surface area contributed by atoms with Gasteiger partial charge in [-0.2, -0.15) is 0 Å². The molecule has 4 nitrogen and oxygen atoms in total. The van der Waals surface area contributed by atoms with Crippen molar-refractivity contribution < 1.29 is 0 Å². The molecular formula is C18H17ClN4S. The average Bonchev–Trinajstić information content (AvgIpc) is 2.99. The highest BCUT2D eigenvalue weighted by molar-refractivity contribution is 7.98. The van der Waals surface area contributed by atoms with Gasteiger partial charge in [0.1, 0.15) is 5.82 Å². The van der Waals surface area contributed by atoms with Crippen molar-refractivity contribution in [3.8, 4) is 17.1 Å². The first-order valence-electron chi connectivity index (χ1n) is 7.81. The monoisotopic (exact) mass is 356 g/mol. The number of benzene rings is 2. The van der Waals surface area contributed by atoms with E-state index < -0.39 is 0 Å². The maximum Gasteiger partial charge on any atom is 0.168 e. The van der Waals surface area contributed by atoms with Crippen LogP contribution in [0.4, 0.5) is 5.69 Å². The number of hydrogen-bond acceptors (Lipinski definition) is 4. The van der Waals surface area contributed by atoms with Crippen molar-refractivity contribution in [2.45, 2.75) is 17.7 Å². The molecular weight excluding hydrogens is 340 g/mol. The standard InChI is InChI=1S/C18H17ClN4S/c1-11-10-20-15-9-13(19)5-8-16(15)23-17(11)21-22-18(23)12-3-6-14(24-2)7-4-12/h3-9,11,20H,10H2,1-2H3/t11-/m0/s1. The Morgan fingerprint density at radius 1 is 1.17 bits per heavy atom. The fraction of sp³-hybridized carbons (Fsp3) is 0.222. The van der Waals surface area contributed by atoms with Crippen LogP contribution in [-0.2, 0) is 0 Å². The molecule has 6 heteroatoms. The van der Waals surface area contributed by atoms with Gasteiger partial charge in [0.15, 0.2) is 5.82 Å². The van der Waals surface area contributed by atoms with Gasteiger partial charge in [0, 0.05) is 27.9 Å². The van der Waals surface area contributed by atoms with Gasteiger partial charge in [0.05, 0.1) is 11.4 Å². The van der Waals surface area contributed by atoms with Crippen LogP contribution in [0.25, 0.3) is 17.1 Å². The molecule has 2 aromatic carbocycles. The third kappa shape index (κ3) is 2.58. The van der Waals surface area contributed by atoms with Crippen molar-refractivity contribution >= 4 is 29.1 Å². The number of nitrogens with zero attached hydrogens (tertiary/aromatic N) is 3. The van der Waals surface area contributed by atoms with Crippen LogP contribution in [0.1, 0.15) is 18.7 Å².